The number of rotatable bonds is 4. The van der Waals surface area contributed by atoms with Gasteiger partial charge >= 0.3 is 0 Å². The van der Waals surface area contributed by atoms with Gasteiger partial charge in [0, 0.05) is 24.1 Å². The molecule has 2 atom stereocenters. The van der Waals surface area contributed by atoms with Crippen molar-refractivity contribution in [3.8, 4) is 11.8 Å². The lowest BCUT2D eigenvalue weighted by Gasteiger charge is -2.19. The Kier molecular flexibility index (Phi) is 5.82. The lowest BCUT2D eigenvalue weighted by molar-refractivity contribution is -0.384. The Balaban J connectivity index is 1.69. The average Bonchev–Trinajstić information content (AvgIpc) is 3.24. The van der Waals surface area contributed by atoms with E-state index >= 15 is 0 Å². The fourth-order valence-electron chi connectivity index (χ4n) is 3.26. The van der Waals surface area contributed by atoms with Gasteiger partial charge in [-0.3, -0.25) is 15.0 Å². The summed E-state index contributed by atoms with van der Waals surface area (Å²) < 4.78 is 27.5. The average molecular weight is 434 g/mol. The molecule has 31 heavy (non-hydrogen) atoms. The molecule has 0 amide bonds. The van der Waals surface area contributed by atoms with E-state index in [1.807, 2.05) is 60.7 Å². The Morgan fingerprint density at radius 3 is 2.16 bits per heavy atom. The molecule has 8 heteroatoms. The smallest absolute Gasteiger partial charge is 0.269 e. The summed E-state index contributed by atoms with van der Waals surface area (Å²) in [6, 6.07) is 22.6. The van der Waals surface area contributed by atoms with Crippen molar-refractivity contribution in [3.63, 3.8) is 0 Å². The normalized spacial score (nSPS) is 18.8. The highest BCUT2D eigenvalue weighted by molar-refractivity contribution is 7.89. The monoisotopic (exact) mass is 434 g/mol. The second kappa shape index (κ2) is 8.70. The molecule has 1 heterocycles. The van der Waals surface area contributed by atoms with Gasteiger partial charge in [0.2, 0.25) is 0 Å². The first-order valence-corrected chi connectivity index (χ1v) is 11.0. The van der Waals surface area contributed by atoms with Gasteiger partial charge in [-0.1, -0.05) is 64.8 Å². The van der Waals surface area contributed by atoms with Gasteiger partial charge in [0.15, 0.2) is 0 Å². The molecule has 7 nitrogen and oxygen atoms in total. The van der Waals surface area contributed by atoms with Crippen LogP contribution in [0.5, 0.6) is 0 Å². The lowest BCUT2D eigenvalue weighted by Crippen LogP contribution is -2.33. The molecule has 0 aromatic heterocycles. The highest BCUT2D eigenvalue weighted by Gasteiger charge is 2.42. The molecular weight excluding hydrogens is 416 g/mol. The number of nitrogens with zero attached hydrogens (tertiary/aromatic N) is 2. The third kappa shape index (κ3) is 4.49. The van der Waals surface area contributed by atoms with Gasteiger partial charge < -0.3 is 0 Å². The maximum Gasteiger partial charge on any atom is 0.269 e. The molecule has 3 aromatic rings. The fraction of sp³-hybridized carbons (Fsp3) is 0.130. The Hall–Kier alpha value is -3.51. The number of hydroxylamine groups is 1. The molecule has 156 valence electrons. The van der Waals surface area contributed by atoms with E-state index in [9.17, 15) is 18.5 Å². The molecule has 0 bridgehead atoms. The summed E-state index contributed by atoms with van der Waals surface area (Å²) in [6.45, 7) is 0. The SMILES string of the molecule is O=[N+]([O-])c1ccc(S(=O)(=O)N2O[C@H](c3ccccc3)C[C@@H]2C#Cc2ccccc2)cc1. The molecule has 0 aliphatic carbocycles. The second-order valence-electron chi connectivity index (χ2n) is 6.90. The van der Waals surface area contributed by atoms with Crippen LogP contribution in [0.15, 0.2) is 89.8 Å². The zero-order chi connectivity index (χ0) is 21.8. The zero-order valence-electron chi connectivity index (χ0n) is 16.3. The minimum absolute atomic E-state index is 0.0988. The van der Waals surface area contributed by atoms with Crippen LogP contribution in [0, 0.1) is 22.0 Å². The van der Waals surface area contributed by atoms with Gasteiger partial charge in [0.1, 0.15) is 12.1 Å². The third-order valence-electron chi connectivity index (χ3n) is 4.83. The quantitative estimate of drug-likeness (QED) is 0.351. The van der Waals surface area contributed by atoms with E-state index < -0.39 is 27.1 Å². The van der Waals surface area contributed by atoms with E-state index in [2.05, 4.69) is 11.8 Å². The Morgan fingerprint density at radius 1 is 0.935 bits per heavy atom. The second-order valence-corrected chi connectivity index (χ2v) is 8.68. The highest BCUT2D eigenvalue weighted by Crippen LogP contribution is 2.37. The molecule has 1 aliphatic heterocycles. The molecule has 1 fully saturated rings. The van der Waals surface area contributed by atoms with Crippen molar-refractivity contribution < 1.29 is 18.2 Å². The van der Waals surface area contributed by atoms with Crippen molar-refractivity contribution in [3.05, 3.63) is 106 Å². The number of benzene rings is 3. The van der Waals surface area contributed by atoms with Crippen LogP contribution in [0.25, 0.3) is 0 Å². The molecule has 3 aromatic carbocycles. The summed E-state index contributed by atoms with van der Waals surface area (Å²) in [5, 5.41) is 10.9. The largest absolute Gasteiger partial charge is 0.275 e. The number of nitro groups is 1. The zero-order valence-corrected chi connectivity index (χ0v) is 17.1. The van der Waals surface area contributed by atoms with E-state index in [0.29, 0.717) is 6.42 Å². The number of hydrogen-bond donors (Lipinski definition) is 0. The van der Waals surface area contributed by atoms with Gasteiger partial charge in [-0.05, 0) is 29.8 Å². The van der Waals surface area contributed by atoms with E-state index in [-0.39, 0.29) is 10.6 Å². The van der Waals surface area contributed by atoms with Gasteiger partial charge in [-0.15, -0.1) is 0 Å². The standard InChI is InChI=1S/C23H18N2O5S/c26-24(27)20-13-15-22(16-14-20)31(28,29)25-21(12-11-18-7-3-1-4-8-18)17-23(30-25)19-9-5-2-6-10-19/h1-10,13-16,21,23H,17H2/t21-,23-/m0/s1. The van der Waals surface area contributed by atoms with Crippen molar-refractivity contribution in [2.45, 2.75) is 23.5 Å². The van der Waals surface area contributed by atoms with Crippen molar-refractivity contribution in [1.82, 2.24) is 4.47 Å². The van der Waals surface area contributed by atoms with Gasteiger partial charge in [-0.2, -0.15) is 0 Å². The molecule has 1 saturated heterocycles. The van der Waals surface area contributed by atoms with Crippen molar-refractivity contribution in [2.24, 2.45) is 0 Å². The number of nitro benzene ring substituents is 1. The minimum Gasteiger partial charge on any atom is -0.275 e. The van der Waals surface area contributed by atoms with Crippen molar-refractivity contribution in [2.75, 3.05) is 0 Å². The Labute approximate surface area is 180 Å². The Morgan fingerprint density at radius 2 is 1.55 bits per heavy atom. The fourth-order valence-corrected chi connectivity index (χ4v) is 4.64. The number of non-ortho nitro benzene ring substituents is 1. The van der Waals surface area contributed by atoms with E-state index in [4.69, 9.17) is 4.84 Å². The maximum atomic E-state index is 13.3. The third-order valence-corrected chi connectivity index (χ3v) is 6.52. The van der Waals surface area contributed by atoms with Crippen LogP contribution in [-0.2, 0) is 14.9 Å². The van der Waals surface area contributed by atoms with E-state index in [1.54, 1.807) is 0 Å². The molecule has 0 radical (unpaired) electrons. The predicted molar refractivity (Wildman–Crippen MR) is 114 cm³/mol. The van der Waals surface area contributed by atoms with Crippen LogP contribution < -0.4 is 0 Å². The van der Waals surface area contributed by atoms with Gasteiger partial charge in [0.05, 0.1) is 9.82 Å². The number of hydrogen-bond acceptors (Lipinski definition) is 5. The van der Waals surface area contributed by atoms with Crippen molar-refractivity contribution >= 4 is 15.7 Å². The molecule has 1 aliphatic rings. The lowest BCUT2D eigenvalue weighted by atomic mass is 10.0. The van der Waals surface area contributed by atoms with E-state index in [0.717, 1.165) is 27.7 Å². The summed E-state index contributed by atoms with van der Waals surface area (Å²) in [4.78, 5) is 16.1. The predicted octanol–water partition coefficient (Wildman–Crippen LogP) is 4.08. The summed E-state index contributed by atoms with van der Waals surface area (Å²) in [7, 11) is -4.09. The first-order chi connectivity index (χ1) is 14.9. The van der Waals surface area contributed by atoms with Crippen LogP contribution in [-0.4, -0.2) is 23.9 Å². The number of sulfonamides is 1. The summed E-state index contributed by atoms with van der Waals surface area (Å²) in [6.07, 6.45) is -0.125. The van der Waals surface area contributed by atoms with Crippen molar-refractivity contribution in [1.29, 1.82) is 0 Å². The van der Waals surface area contributed by atoms with Gasteiger partial charge in [-0.25, -0.2) is 8.42 Å². The van der Waals surface area contributed by atoms with Crippen LogP contribution >= 0.6 is 0 Å². The maximum absolute atomic E-state index is 13.3. The molecule has 0 N–H and O–H groups in total. The molecule has 0 spiro atoms. The topological polar surface area (TPSA) is 89.8 Å². The van der Waals surface area contributed by atoms with Crippen LogP contribution in [0.3, 0.4) is 0 Å². The minimum atomic E-state index is -4.09. The van der Waals surface area contributed by atoms with Crippen LogP contribution in [0.2, 0.25) is 0 Å². The molecule has 0 saturated carbocycles. The first-order valence-electron chi connectivity index (χ1n) is 9.52. The molecule has 0 unspecified atom stereocenters. The highest BCUT2D eigenvalue weighted by atomic mass is 32.2. The van der Waals surface area contributed by atoms with E-state index in [1.165, 1.54) is 12.1 Å². The summed E-state index contributed by atoms with van der Waals surface area (Å²) in [5.74, 6) is 6.03. The van der Waals surface area contributed by atoms with Crippen LogP contribution in [0.4, 0.5) is 5.69 Å². The molecular formula is C23H18N2O5S. The van der Waals surface area contributed by atoms with Gasteiger partial charge in [0.25, 0.3) is 15.7 Å². The first kappa shape index (κ1) is 20.8. The summed E-state index contributed by atoms with van der Waals surface area (Å²) in [5.41, 5.74) is 1.41. The Bertz CT molecular complexity index is 1230. The van der Waals surface area contributed by atoms with Crippen LogP contribution in [0.1, 0.15) is 23.7 Å². The molecule has 4 rings (SSSR count). The summed E-state index contributed by atoms with van der Waals surface area (Å²) >= 11 is 0.